The molecule has 0 aliphatic carbocycles. The number of hydrogen-bond donors (Lipinski definition) is 1. The van der Waals surface area contributed by atoms with Crippen LogP contribution < -0.4 is 10.2 Å². The van der Waals surface area contributed by atoms with Gasteiger partial charge < -0.3 is 15.1 Å². The summed E-state index contributed by atoms with van der Waals surface area (Å²) in [5.74, 6) is 1.98. The lowest BCUT2D eigenvalue weighted by atomic mass is 9.76. The summed E-state index contributed by atoms with van der Waals surface area (Å²) in [6.45, 7) is 2.61. The Morgan fingerprint density at radius 1 is 1.33 bits per heavy atom. The van der Waals surface area contributed by atoms with Crippen LogP contribution in [0.15, 0.2) is 18.3 Å². The van der Waals surface area contributed by atoms with Gasteiger partial charge in [0, 0.05) is 45.3 Å². The lowest BCUT2D eigenvalue weighted by Gasteiger charge is -2.52. The van der Waals surface area contributed by atoms with Crippen molar-refractivity contribution in [2.75, 3.05) is 31.6 Å². The third-order valence-electron chi connectivity index (χ3n) is 5.74. The number of nitrogens with one attached hydrogen (secondary N) is 1. The lowest BCUT2D eigenvalue weighted by molar-refractivity contribution is -0.142. The second-order valence-electron chi connectivity index (χ2n) is 7.23. The Balaban J connectivity index is 1.60. The quantitative estimate of drug-likeness (QED) is 0.888. The van der Waals surface area contributed by atoms with Crippen molar-refractivity contribution in [3.8, 4) is 0 Å². The van der Waals surface area contributed by atoms with Crippen LogP contribution in [0.5, 0.6) is 0 Å². The van der Waals surface area contributed by atoms with Gasteiger partial charge in [-0.1, -0.05) is 0 Å². The van der Waals surface area contributed by atoms with Crippen LogP contribution in [0.25, 0.3) is 0 Å². The molecule has 128 valence electrons. The first-order chi connectivity index (χ1) is 11.7. The van der Waals surface area contributed by atoms with Gasteiger partial charge in [0.25, 0.3) is 5.91 Å². The van der Waals surface area contributed by atoms with Gasteiger partial charge in [0.15, 0.2) is 0 Å². The van der Waals surface area contributed by atoms with E-state index in [1.165, 1.54) is 6.42 Å². The molecule has 1 aromatic heterocycles. The molecule has 3 saturated heterocycles. The zero-order valence-corrected chi connectivity index (χ0v) is 14.1. The third kappa shape index (κ3) is 2.54. The van der Waals surface area contributed by atoms with Gasteiger partial charge in [-0.05, 0) is 43.2 Å². The van der Waals surface area contributed by atoms with Gasteiger partial charge in [0.2, 0.25) is 5.91 Å². The van der Waals surface area contributed by atoms with Crippen LogP contribution in [0.1, 0.15) is 36.0 Å². The molecule has 2 amide bonds. The number of pyridine rings is 1. The van der Waals surface area contributed by atoms with E-state index in [0.29, 0.717) is 35.8 Å². The number of carbonyl (C=O) groups excluding carboxylic acids is 2. The highest BCUT2D eigenvalue weighted by Crippen LogP contribution is 2.39. The fraction of sp³-hybridized carbons (Fsp3) is 0.611. The largest absolute Gasteiger partial charge is 0.355 e. The molecule has 3 aliphatic rings. The zero-order chi connectivity index (χ0) is 16.7. The molecule has 4 heterocycles. The number of fused-ring (bicyclic) bond motifs is 4. The number of piperidine rings is 3. The first-order valence-corrected chi connectivity index (χ1v) is 8.89. The summed E-state index contributed by atoms with van der Waals surface area (Å²) >= 11 is 0. The SMILES string of the molecule is CNC(=O)c1cccnc1N1CC2CC(C1)[C@H]1CCCC(=O)N1C2. The number of nitrogens with zero attached hydrogens (tertiary/aromatic N) is 3. The maximum absolute atomic E-state index is 12.2. The molecule has 2 bridgehead atoms. The van der Waals surface area contributed by atoms with E-state index in [9.17, 15) is 9.59 Å². The van der Waals surface area contributed by atoms with Gasteiger partial charge in [0.05, 0.1) is 5.56 Å². The van der Waals surface area contributed by atoms with E-state index in [4.69, 9.17) is 0 Å². The molecule has 1 aromatic rings. The minimum atomic E-state index is -0.0942. The molecule has 6 heteroatoms. The Morgan fingerprint density at radius 3 is 3.04 bits per heavy atom. The highest BCUT2D eigenvalue weighted by molar-refractivity contribution is 5.98. The number of hydrogen-bond acceptors (Lipinski definition) is 4. The Bertz CT molecular complexity index is 662. The first-order valence-electron chi connectivity index (χ1n) is 8.89. The summed E-state index contributed by atoms with van der Waals surface area (Å²) in [6, 6.07) is 4.01. The number of anilines is 1. The predicted octanol–water partition coefficient (Wildman–Crippen LogP) is 1.28. The van der Waals surface area contributed by atoms with Gasteiger partial charge in [-0.15, -0.1) is 0 Å². The molecule has 6 nitrogen and oxygen atoms in total. The van der Waals surface area contributed by atoms with E-state index < -0.39 is 0 Å². The van der Waals surface area contributed by atoms with Gasteiger partial charge in [0.1, 0.15) is 5.82 Å². The van der Waals surface area contributed by atoms with Crippen molar-refractivity contribution in [3.63, 3.8) is 0 Å². The predicted molar refractivity (Wildman–Crippen MR) is 90.8 cm³/mol. The van der Waals surface area contributed by atoms with Crippen LogP contribution in [0.3, 0.4) is 0 Å². The Labute approximate surface area is 142 Å². The molecule has 1 N–H and O–H groups in total. The molecular formula is C18H24N4O2. The van der Waals surface area contributed by atoms with Crippen molar-refractivity contribution in [3.05, 3.63) is 23.9 Å². The van der Waals surface area contributed by atoms with Gasteiger partial charge >= 0.3 is 0 Å². The van der Waals surface area contributed by atoms with Crippen molar-refractivity contribution >= 4 is 17.6 Å². The van der Waals surface area contributed by atoms with Gasteiger partial charge in [-0.2, -0.15) is 0 Å². The Morgan fingerprint density at radius 2 is 2.21 bits per heavy atom. The van der Waals surface area contributed by atoms with E-state index in [2.05, 4.69) is 20.1 Å². The second-order valence-corrected chi connectivity index (χ2v) is 7.23. The Hall–Kier alpha value is -2.11. The highest BCUT2D eigenvalue weighted by atomic mass is 16.2. The van der Waals surface area contributed by atoms with Crippen molar-refractivity contribution in [1.82, 2.24) is 15.2 Å². The fourth-order valence-electron chi connectivity index (χ4n) is 4.74. The summed E-state index contributed by atoms with van der Waals surface area (Å²) in [7, 11) is 1.65. The molecule has 0 aromatic carbocycles. The highest BCUT2D eigenvalue weighted by Gasteiger charge is 2.44. The van der Waals surface area contributed by atoms with Gasteiger partial charge in [-0.3, -0.25) is 9.59 Å². The maximum Gasteiger partial charge on any atom is 0.254 e. The number of amides is 2. The van der Waals surface area contributed by atoms with Crippen molar-refractivity contribution in [2.45, 2.75) is 31.7 Å². The van der Waals surface area contributed by atoms with E-state index in [1.54, 1.807) is 19.3 Å². The third-order valence-corrected chi connectivity index (χ3v) is 5.74. The van der Waals surface area contributed by atoms with Crippen LogP contribution >= 0.6 is 0 Å². The summed E-state index contributed by atoms with van der Waals surface area (Å²) in [6.07, 6.45) is 5.77. The smallest absolute Gasteiger partial charge is 0.254 e. The number of aromatic nitrogens is 1. The van der Waals surface area contributed by atoms with E-state index >= 15 is 0 Å². The summed E-state index contributed by atoms with van der Waals surface area (Å²) < 4.78 is 0. The summed E-state index contributed by atoms with van der Waals surface area (Å²) in [4.78, 5) is 33.3. The van der Waals surface area contributed by atoms with Crippen LogP contribution in [0.2, 0.25) is 0 Å². The van der Waals surface area contributed by atoms with Crippen molar-refractivity contribution in [2.24, 2.45) is 11.8 Å². The normalized spacial score (nSPS) is 29.2. The minimum Gasteiger partial charge on any atom is -0.355 e. The van der Waals surface area contributed by atoms with Crippen molar-refractivity contribution in [1.29, 1.82) is 0 Å². The second kappa shape index (κ2) is 6.07. The van der Waals surface area contributed by atoms with Crippen LogP contribution in [0.4, 0.5) is 5.82 Å². The van der Waals surface area contributed by atoms with Crippen molar-refractivity contribution < 1.29 is 9.59 Å². The molecule has 4 rings (SSSR count). The number of carbonyl (C=O) groups is 2. The topological polar surface area (TPSA) is 65.5 Å². The molecule has 3 atom stereocenters. The van der Waals surface area contributed by atoms with Crippen LogP contribution in [-0.2, 0) is 4.79 Å². The number of rotatable bonds is 2. The average molecular weight is 328 g/mol. The lowest BCUT2D eigenvalue weighted by Crippen LogP contribution is -2.60. The van der Waals surface area contributed by atoms with E-state index in [0.717, 1.165) is 38.3 Å². The summed E-state index contributed by atoms with van der Waals surface area (Å²) in [5.41, 5.74) is 0.636. The molecule has 2 unspecified atom stereocenters. The minimum absolute atomic E-state index is 0.0942. The first kappa shape index (κ1) is 15.4. The average Bonchev–Trinajstić information content (AvgIpc) is 2.62. The maximum atomic E-state index is 12.2. The zero-order valence-electron chi connectivity index (χ0n) is 14.1. The monoisotopic (exact) mass is 328 g/mol. The molecular weight excluding hydrogens is 304 g/mol. The molecule has 0 spiro atoms. The van der Waals surface area contributed by atoms with Gasteiger partial charge in [-0.25, -0.2) is 4.98 Å². The molecule has 0 radical (unpaired) electrons. The Kier molecular flexibility index (Phi) is 3.90. The van der Waals surface area contributed by atoms with E-state index in [-0.39, 0.29) is 5.91 Å². The standard InChI is InChI=1S/C18H24N4O2/c1-19-18(24)14-4-3-7-20-17(14)21-9-12-8-13(11-21)15-5-2-6-16(23)22(15)10-12/h3-4,7,12-13,15H,2,5-6,8-11H2,1H3,(H,19,24)/t12?,13?,15-/m1/s1. The molecule has 0 saturated carbocycles. The van der Waals surface area contributed by atoms with E-state index in [1.807, 2.05) is 6.07 Å². The molecule has 24 heavy (non-hydrogen) atoms. The van der Waals surface area contributed by atoms with Crippen LogP contribution in [-0.4, -0.2) is 54.4 Å². The molecule has 3 aliphatic heterocycles. The van der Waals surface area contributed by atoms with Crippen LogP contribution in [0, 0.1) is 11.8 Å². The molecule has 3 fully saturated rings. The summed E-state index contributed by atoms with van der Waals surface area (Å²) in [5, 5.41) is 2.70. The fourth-order valence-corrected chi connectivity index (χ4v) is 4.74.